The second kappa shape index (κ2) is 93.9. The summed E-state index contributed by atoms with van der Waals surface area (Å²) in [6.07, 6.45) is 0. The first-order valence-corrected chi connectivity index (χ1v) is 0. The van der Waals surface area contributed by atoms with Crippen molar-refractivity contribution in [3.63, 3.8) is 0 Å². The highest BCUT2D eigenvalue weighted by atomic mass is 35.5. The lowest BCUT2D eigenvalue weighted by molar-refractivity contribution is 5.85. The molecular weight excluding hydrogens is 266 g/mol. The fourth-order valence-corrected chi connectivity index (χ4v) is 0. The first-order valence-electron chi connectivity index (χ1n) is 0. The van der Waals surface area contributed by atoms with E-state index in [1.807, 2.05) is 0 Å². The summed E-state index contributed by atoms with van der Waals surface area (Å²) in [7, 11) is 0. The Morgan fingerprint density at radius 3 is 0.250 bits per heavy atom. The Bertz CT molecular complexity index is 8.00. The summed E-state index contributed by atoms with van der Waals surface area (Å²) < 4.78 is 0. The average Bonchev–Trinajstić information content (AvgIpc) is 0. The zero-order chi connectivity index (χ0) is 0. The summed E-state index contributed by atoms with van der Waals surface area (Å²) >= 11 is 0. The molecule has 0 rings (SSSR count). The Morgan fingerprint density at radius 2 is 0.250 bits per heavy atom. The standard InChI is InChI=1S/4ClH.4H3P/h4*1H;4*1H3. The highest BCUT2D eigenvalue weighted by Gasteiger charge is -0.142. The zero-order valence-electron chi connectivity index (χ0n) is 4.46. The maximum absolute atomic E-state index is 0. The van der Waals surface area contributed by atoms with Gasteiger partial charge in [0.1, 0.15) is 0 Å². The van der Waals surface area contributed by atoms with Crippen LogP contribution >= 0.6 is 89.2 Å². The number of hydrogen-bond donors (Lipinski definition) is 0. The van der Waals surface area contributed by atoms with Crippen LogP contribution in [0.25, 0.3) is 0 Å². The molecule has 0 aromatic heterocycles. The van der Waals surface area contributed by atoms with Crippen LogP contribution in [0.5, 0.6) is 0 Å². The maximum Gasteiger partial charge on any atom is -0.147 e. The molecule has 8 heteroatoms. The van der Waals surface area contributed by atoms with Crippen molar-refractivity contribution in [1.29, 1.82) is 0 Å². The molecule has 0 aromatic rings. The summed E-state index contributed by atoms with van der Waals surface area (Å²) in [5.41, 5.74) is 0. The molecule has 8 heavy (non-hydrogen) atoms. The summed E-state index contributed by atoms with van der Waals surface area (Å²) in [4.78, 5) is 0. The summed E-state index contributed by atoms with van der Waals surface area (Å²) in [5.74, 6) is 0. The van der Waals surface area contributed by atoms with Gasteiger partial charge >= 0.3 is 0 Å². The average molecular weight is 282 g/mol. The largest absolute Gasteiger partial charge is 0.153 e. The van der Waals surface area contributed by atoms with E-state index in [-0.39, 0.29) is 89.2 Å². The lowest BCUT2D eigenvalue weighted by Gasteiger charge is -0.154. The minimum Gasteiger partial charge on any atom is -0.153 e. The van der Waals surface area contributed by atoms with Gasteiger partial charge in [-0.2, -0.15) is 39.6 Å². The van der Waals surface area contributed by atoms with Crippen LogP contribution in [0, 0.1) is 0 Å². The van der Waals surface area contributed by atoms with Crippen LogP contribution < -0.4 is 0 Å². The number of rotatable bonds is 0. The molecule has 0 heterocycles. The summed E-state index contributed by atoms with van der Waals surface area (Å²) in [5, 5.41) is 0. The van der Waals surface area contributed by atoms with E-state index in [0.717, 1.165) is 0 Å². The molecule has 0 radical (unpaired) electrons. The van der Waals surface area contributed by atoms with E-state index >= 15 is 0 Å². The molecule has 0 N–H and O–H groups in total. The maximum atomic E-state index is 0. The minimum atomic E-state index is 0. The van der Waals surface area contributed by atoms with E-state index in [2.05, 4.69) is 0 Å². The Balaban J connectivity index is 0. The van der Waals surface area contributed by atoms with Crippen molar-refractivity contribution in [2.24, 2.45) is 0 Å². The molecule has 0 saturated heterocycles. The second-order valence-electron chi connectivity index (χ2n) is 0. The van der Waals surface area contributed by atoms with Gasteiger partial charge in [-0.25, -0.2) is 0 Å². The fourth-order valence-electron chi connectivity index (χ4n) is 0. The van der Waals surface area contributed by atoms with Gasteiger partial charge < -0.3 is 0 Å². The van der Waals surface area contributed by atoms with Crippen molar-refractivity contribution in [2.45, 2.75) is 0 Å². The SMILES string of the molecule is Cl.Cl.Cl.Cl.P.P.P.P. The van der Waals surface area contributed by atoms with Gasteiger partial charge in [-0.1, -0.05) is 0 Å². The van der Waals surface area contributed by atoms with Crippen LogP contribution in [0.15, 0.2) is 0 Å². The molecule has 0 fully saturated rings. The molecule has 0 amide bonds. The molecule has 0 aliphatic carbocycles. The second-order valence-corrected chi connectivity index (χ2v) is 0. The quantitative estimate of drug-likeness (QED) is 0.595. The third-order valence-electron chi connectivity index (χ3n) is 0. The van der Waals surface area contributed by atoms with Gasteiger partial charge in [0.05, 0.1) is 0 Å². The minimum absolute atomic E-state index is 0. The summed E-state index contributed by atoms with van der Waals surface area (Å²) in [6, 6.07) is 0. The van der Waals surface area contributed by atoms with E-state index in [4.69, 9.17) is 0 Å². The van der Waals surface area contributed by atoms with Gasteiger partial charge in [0.2, 0.25) is 0 Å². The fraction of sp³-hybridized carbons (Fsp3) is 0. The van der Waals surface area contributed by atoms with E-state index in [1.165, 1.54) is 0 Å². The van der Waals surface area contributed by atoms with E-state index in [1.54, 1.807) is 0 Å². The molecule has 0 spiro atoms. The number of halogens is 4. The van der Waals surface area contributed by atoms with Crippen molar-refractivity contribution >= 4 is 89.2 Å². The predicted molar refractivity (Wildman–Crippen MR) is 73.4 cm³/mol. The predicted octanol–water partition coefficient (Wildman–Crippen LogP) is 1.92. The highest BCUT2D eigenvalue weighted by Crippen LogP contribution is 0.864. The Kier molecular flexibility index (Phi) is 1500. The lowest BCUT2D eigenvalue weighted by Crippen LogP contribution is 0.688. The molecule has 0 nitrogen and oxygen atoms in total. The molecule has 4 atom stereocenters. The summed E-state index contributed by atoms with van der Waals surface area (Å²) in [6.45, 7) is 0. The number of hydrogen-bond acceptors (Lipinski definition) is 0. The normalized spacial score (nSPS) is 0. The molecule has 0 bridgehead atoms. The van der Waals surface area contributed by atoms with Crippen molar-refractivity contribution in [1.82, 2.24) is 0 Å². The smallest absolute Gasteiger partial charge is 0.147 e. The molecule has 4 unspecified atom stereocenters. The topological polar surface area (TPSA) is 0 Å². The highest BCUT2D eigenvalue weighted by molar-refractivity contribution is 6.92. The Hall–Kier alpha value is 2.88. The lowest BCUT2D eigenvalue weighted by atomic mass is 31.0. The van der Waals surface area contributed by atoms with E-state index in [0.29, 0.717) is 0 Å². The van der Waals surface area contributed by atoms with Crippen molar-refractivity contribution in [3.8, 4) is 0 Å². The van der Waals surface area contributed by atoms with Gasteiger partial charge in [0.15, 0.2) is 0 Å². The van der Waals surface area contributed by atoms with Crippen LogP contribution in [-0.4, -0.2) is 0 Å². The van der Waals surface area contributed by atoms with Crippen LogP contribution in [0.4, 0.5) is 0 Å². The zero-order valence-corrected chi connectivity index (χ0v) is 13.4. The van der Waals surface area contributed by atoms with E-state index in [9.17, 15) is 0 Å². The van der Waals surface area contributed by atoms with Crippen molar-refractivity contribution in [2.75, 3.05) is 0 Å². The molecule has 0 aliphatic heterocycles. The van der Waals surface area contributed by atoms with Gasteiger partial charge in [-0.3, -0.25) is 0 Å². The third-order valence-corrected chi connectivity index (χ3v) is 0. The van der Waals surface area contributed by atoms with Gasteiger partial charge in [0.25, 0.3) is 0 Å². The van der Waals surface area contributed by atoms with Crippen LogP contribution in [0.2, 0.25) is 0 Å². The van der Waals surface area contributed by atoms with Gasteiger partial charge in [0, 0.05) is 0 Å². The van der Waals surface area contributed by atoms with Crippen LogP contribution in [0.3, 0.4) is 0 Å². The molecular formula is H16Cl4P4. The Morgan fingerprint density at radius 1 is 0.250 bits per heavy atom. The van der Waals surface area contributed by atoms with Gasteiger partial charge in [-0.15, -0.1) is 49.6 Å². The molecule has 0 saturated carbocycles. The molecule has 64 valence electrons. The molecule has 0 aliphatic rings. The first-order chi connectivity index (χ1) is 0. The molecule has 0 aromatic carbocycles. The monoisotopic (exact) mass is 280 g/mol. The van der Waals surface area contributed by atoms with Crippen molar-refractivity contribution < 1.29 is 0 Å². The first kappa shape index (κ1) is 128. The van der Waals surface area contributed by atoms with Crippen molar-refractivity contribution in [3.05, 3.63) is 0 Å². The van der Waals surface area contributed by atoms with Gasteiger partial charge in [-0.05, 0) is 0 Å². The van der Waals surface area contributed by atoms with Crippen LogP contribution in [0.1, 0.15) is 0 Å². The van der Waals surface area contributed by atoms with Crippen LogP contribution in [-0.2, 0) is 0 Å². The van der Waals surface area contributed by atoms with E-state index < -0.39 is 0 Å². The third kappa shape index (κ3) is 66.5. The Labute approximate surface area is 89.0 Å².